The van der Waals surface area contributed by atoms with Crippen LogP contribution in [0.3, 0.4) is 0 Å². The van der Waals surface area contributed by atoms with E-state index in [9.17, 15) is 4.79 Å². The van der Waals surface area contributed by atoms with Crippen molar-refractivity contribution in [2.45, 2.75) is 20.8 Å². The monoisotopic (exact) mass is 411 g/mol. The topological polar surface area (TPSA) is 20.3 Å². The zero-order chi connectivity index (χ0) is 19.3. The molecule has 3 rings (SSSR count). The minimum Gasteiger partial charge on any atom is -1.00 e. The van der Waals surface area contributed by atoms with Crippen LogP contribution in [0, 0.1) is 5.92 Å². The van der Waals surface area contributed by atoms with E-state index in [1.165, 1.54) is 15.9 Å². The summed E-state index contributed by atoms with van der Waals surface area (Å²) in [7, 11) is -2.29. The van der Waals surface area contributed by atoms with Crippen LogP contribution in [0.15, 0.2) is 91.0 Å². The Hall–Kier alpha value is -2.15. The van der Waals surface area contributed by atoms with Crippen molar-refractivity contribution in [1.82, 2.24) is 4.67 Å². The first-order chi connectivity index (χ1) is 13.1. The molecule has 1 amide bonds. The largest absolute Gasteiger partial charge is 1.00 e. The van der Waals surface area contributed by atoms with E-state index in [1.54, 1.807) is 6.92 Å². The number of nitrogens with zero attached hydrogens (tertiary/aromatic N) is 1. The van der Waals surface area contributed by atoms with Crippen LogP contribution in [0.2, 0.25) is 0 Å². The van der Waals surface area contributed by atoms with Crippen molar-refractivity contribution in [2.24, 2.45) is 5.92 Å². The average molecular weight is 412 g/mol. The lowest BCUT2D eigenvalue weighted by Gasteiger charge is -2.37. The maximum atomic E-state index is 13.0. The molecule has 3 aromatic rings. The number of benzene rings is 3. The Morgan fingerprint density at radius 2 is 1.07 bits per heavy atom. The van der Waals surface area contributed by atoms with E-state index < -0.39 is 7.41 Å². The van der Waals surface area contributed by atoms with Crippen LogP contribution in [-0.2, 0) is 4.79 Å². The molecule has 0 N–H and O–H groups in total. The molecule has 0 saturated carbocycles. The Morgan fingerprint density at radius 1 is 0.750 bits per heavy atom. The van der Waals surface area contributed by atoms with Crippen molar-refractivity contribution < 1.29 is 17.2 Å². The Morgan fingerprint density at radius 3 is 1.32 bits per heavy atom. The van der Waals surface area contributed by atoms with Gasteiger partial charge in [-0.25, -0.2) is 4.67 Å². The summed E-state index contributed by atoms with van der Waals surface area (Å²) in [6.45, 7) is 6.77. The van der Waals surface area contributed by atoms with Crippen LogP contribution in [0.4, 0.5) is 0 Å². The van der Waals surface area contributed by atoms with Crippen molar-refractivity contribution in [3.05, 3.63) is 91.0 Å². The molecule has 2 nitrogen and oxygen atoms in total. The smallest absolute Gasteiger partial charge is 0.251 e. The lowest BCUT2D eigenvalue weighted by atomic mass is 10.2. The van der Waals surface area contributed by atoms with E-state index in [2.05, 4.69) is 91.3 Å². The van der Waals surface area contributed by atoms with E-state index in [0.717, 1.165) is 6.54 Å². The fourth-order valence-corrected chi connectivity index (χ4v) is 8.14. The number of carbonyl (C=O) groups is 1. The second-order valence-electron chi connectivity index (χ2n) is 7.14. The Bertz CT molecular complexity index is 772. The Balaban J connectivity index is 0.00000280. The van der Waals surface area contributed by atoms with E-state index in [4.69, 9.17) is 0 Å². The number of hydrogen-bond acceptors (Lipinski definition) is 1. The summed E-state index contributed by atoms with van der Waals surface area (Å²) < 4.78 is 2.14. The lowest BCUT2D eigenvalue weighted by Crippen LogP contribution is -3.00. The number of carbonyl (C=O) groups excluding carboxylic acids is 1. The van der Waals surface area contributed by atoms with Crippen LogP contribution in [0.25, 0.3) is 0 Å². The Labute approximate surface area is 175 Å². The summed E-state index contributed by atoms with van der Waals surface area (Å²) in [5.41, 5.74) is 0. The summed E-state index contributed by atoms with van der Waals surface area (Å²) in [6, 6.07) is 31.6. The van der Waals surface area contributed by atoms with Gasteiger partial charge in [0.15, 0.2) is 0 Å². The van der Waals surface area contributed by atoms with E-state index in [0.29, 0.717) is 5.92 Å². The molecule has 0 aromatic heterocycles. The van der Waals surface area contributed by atoms with Gasteiger partial charge in [0.05, 0.1) is 6.54 Å². The van der Waals surface area contributed by atoms with Gasteiger partial charge in [0.2, 0.25) is 7.41 Å². The first-order valence-electron chi connectivity index (χ1n) is 9.41. The normalized spacial score (nSPS) is 11.0. The molecule has 0 spiro atoms. The molecule has 0 saturated heterocycles. The van der Waals surface area contributed by atoms with Gasteiger partial charge in [-0.15, -0.1) is 0 Å². The fraction of sp³-hybridized carbons (Fsp3) is 0.208. The van der Waals surface area contributed by atoms with Gasteiger partial charge in [-0.05, 0) is 42.3 Å². The third-order valence-electron chi connectivity index (χ3n) is 4.65. The first-order valence-corrected chi connectivity index (χ1v) is 11.2. The van der Waals surface area contributed by atoms with Gasteiger partial charge in [0, 0.05) is 6.92 Å². The molecule has 0 unspecified atom stereocenters. The standard InChI is InChI=1S/C24H27NOP.ClH/c1-20(2)19-25(21(3)26)27(22-13-7-4-8-14-22,23-15-9-5-10-16-23)24-17-11-6-12-18-24;/h4-18,20H,19H2,1-3H3;1H/q+1;/p-1. The van der Waals surface area contributed by atoms with Gasteiger partial charge in [0.1, 0.15) is 15.9 Å². The summed E-state index contributed by atoms with van der Waals surface area (Å²) in [5, 5.41) is 3.62. The third-order valence-corrected chi connectivity index (χ3v) is 8.96. The fourth-order valence-electron chi connectivity index (χ4n) is 3.60. The van der Waals surface area contributed by atoms with Crippen molar-refractivity contribution in [3.63, 3.8) is 0 Å². The zero-order valence-corrected chi connectivity index (χ0v) is 18.3. The van der Waals surface area contributed by atoms with Gasteiger partial charge in [-0.2, -0.15) is 0 Å². The predicted octanol–water partition coefficient (Wildman–Crippen LogP) is 1.40. The van der Waals surface area contributed by atoms with Crippen LogP contribution in [0.1, 0.15) is 20.8 Å². The molecular weight excluding hydrogens is 385 g/mol. The molecule has 3 aromatic carbocycles. The molecule has 0 bridgehead atoms. The molecular formula is C24H27ClNOP. The van der Waals surface area contributed by atoms with E-state index in [1.807, 2.05) is 18.2 Å². The molecule has 0 heterocycles. The van der Waals surface area contributed by atoms with Gasteiger partial charge in [-0.1, -0.05) is 68.4 Å². The van der Waals surface area contributed by atoms with Crippen molar-refractivity contribution in [2.75, 3.05) is 6.54 Å². The molecule has 0 fully saturated rings. The minimum absolute atomic E-state index is 0. The highest BCUT2D eigenvalue weighted by molar-refractivity contribution is 7.94. The highest BCUT2D eigenvalue weighted by Gasteiger charge is 2.53. The minimum atomic E-state index is -2.29. The highest BCUT2D eigenvalue weighted by atomic mass is 35.5. The summed E-state index contributed by atoms with van der Waals surface area (Å²) in [4.78, 5) is 13.0. The van der Waals surface area contributed by atoms with Crippen molar-refractivity contribution in [3.8, 4) is 0 Å². The maximum Gasteiger partial charge on any atom is 0.251 e. The van der Waals surface area contributed by atoms with Crippen LogP contribution < -0.4 is 28.3 Å². The summed E-state index contributed by atoms with van der Waals surface area (Å²) >= 11 is 0. The molecule has 4 heteroatoms. The van der Waals surface area contributed by atoms with Crippen molar-refractivity contribution in [1.29, 1.82) is 0 Å². The first kappa shape index (κ1) is 22.1. The second-order valence-corrected chi connectivity index (χ2v) is 10.4. The van der Waals surface area contributed by atoms with E-state index >= 15 is 0 Å². The molecule has 0 atom stereocenters. The summed E-state index contributed by atoms with van der Waals surface area (Å²) in [6.07, 6.45) is 0. The van der Waals surface area contributed by atoms with Gasteiger partial charge in [-0.3, -0.25) is 4.79 Å². The predicted molar refractivity (Wildman–Crippen MR) is 117 cm³/mol. The third kappa shape index (κ3) is 4.29. The number of hydrogen-bond donors (Lipinski definition) is 0. The molecule has 0 aliphatic carbocycles. The molecule has 146 valence electrons. The lowest BCUT2D eigenvalue weighted by molar-refractivity contribution is -0.124. The number of rotatable bonds is 6. The molecule has 28 heavy (non-hydrogen) atoms. The summed E-state index contributed by atoms with van der Waals surface area (Å²) in [5.74, 6) is 0.498. The van der Waals surface area contributed by atoms with Crippen LogP contribution in [-0.4, -0.2) is 17.1 Å². The number of halogens is 1. The highest BCUT2D eigenvalue weighted by Crippen LogP contribution is 2.58. The zero-order valence-electron chi connectivity index (χ0n) is 16.6. The van der Waals surface area contributed by atoms with Crippen molar-refractivity contribution >= 4 is 29.2 Å². The number of amides is 1. The van der Waals surface area contributed by atoms with Gasteiger partial charge >= 0.3 is 0 Å². The van der Waals surface area contributed by atoms with Gasteiger partial charge < -0.3 is 12.4 Å². The molecule has 0 aliphatic rings. The SMILES string of the molecule is CC(=O)N(CC(C)C)[P+](c1ccccc1)(c1ccccc1)c1ccccc1.[Cl-]. The average Bonchev–Trinajstić information content (AvgIpc) is 2.70. The second kappa shape index (κ2) is 9.87. The quantitative estimate of drug-likeness (QED) is 0.562. The molecule has 0 aliphatic heterocycles. The van der Waals surface area contributed by atoms with E-state index in [-0.39, 0.29) is 18.3 Å². The van der Waals surface area contributed by atoms with Crippen LogP contribution >= 0.6 is 7.41 Å². The molecule has 0 radical (unpaired) electrons. The van der Waals surface area contributed by atoms with Crippen LogP contribution in [0.5, 0.6) is 0 Å². The maximum absolute atomic E-state index is 13.0. The van der Waals surface area contributed by atoms with Gasteiger partial charge in [0.25, 0.3) is 5.91 Å². The Kier molecular flexibility index (Phi) is 7.80.